The minimum absolute atomic E-state index is 0.234. The topological polar surface area (TPSA) is 43.8 Å². The van der Waals surface area contributed by atoms with Gasteiger partial charge in [-0.15, -0.1) is 0 Å². The molecule has 0 aliphatic carbocycles. The Kier molecular flexibility index (Phi) is 4.17. The summed E-state index contributed by atoms with van der Waals surface area (Å²) < 4.78 is 1.69. The van der Waals surface area contributed by atoms with Crippen molar-refractivity contribution in [3.8, 4) is 0 Å². The summed E-state index contributed by atoms with van der Waals surface area (Å²) in [5, 5.41) is 5.70. The molecule has 0 radical (unpaired) electrons. The molecule has 1 aromatic carbocycles. The van der Waals surface area contributed by atoms with Gasteiger partial charge in [-0.05, 0) is 24.1 Å². The van der Waals surface area contributed by atoms with Gasteiger partial charge in [-0.3, -0.25) is 4.68 Å². The van der Waals surface area contributed by atoms with Gasteiger partial charge >= 0.3 is 0 Å². The second-order valence-electron chi connectivity index (χ2n) is 4.06. The van der Waals surface area contributed by atoms with Crippen molar-refractivity contribution in [2.75, 3.05) is 0 Å². The van der Waals surface area contributed by atoms with Crippen molar-refractivity contribution in [2.24, 2.45) is 12.8 Å². The van der Waals surface area contributed by atoms with Gasteiger partial charge in [-0.25, -0.2) is 0 Å². The van der Waals surface area contributed by atoms with Crippen molar-refractivity contribution in [1.29, 1.82) is 0 Å². The molecule has 3 nitrogen and oxygen atoms in total. The van der Waals surface area contributed by atoms with Crippen molar-refractivity contribution in [3.05, 3.63) is 50.7 Å². The van der Waals surface area contributed by atoms with Crippen LogP contribution in [-0.2, 0) is 13.5 Å². The molecule has 6 heteroatoms. The van der Waals surface area contributed by atoms with Crippen LogP contribution < -0.4 is 5.73 Å². The van der Waals surface area contributed by atoms with Crippen LogP contribution in [0.25, 0.3) is 0 Å². The van der Waals surface area contributed by atoms with E-state index in [0.717, 1.165) is 11.3 Å². The summed E-state index contributed by atoms with van der Waals surface area (Å²) in [6.45, 7) is 0. The first-order valence-electron chi connectivity index (χ1n) is 5.36. The molecule has 96 valence electrons. The highest BCUT2D eigenvalue weighted by Crippen LogP contribution is 2.27. The van der Waals surface area contributed by atoms with Crippen LogP contribution in [0.3, 0.4) is 0 Å². The van der Waals surface area contributed by atoms with Crippen molar-refractivity contribution >= 4 is 34.8 Å². The molecule has 18 heavy (non-hydrogen) atoms. The predicted octanol–water partition coefficient (Wildman–Crippen LogP) is 3.62. The molecule has 2 rings (SSSR count). The van der Waals surface area contributed by atoms with Gasteiger partial charge in [0, 0.05) is 7.05 Å². The van der Waals surface area contributed by atoms with Gasteiger partial charge < -0.3 is 5.73 Å². The van der Waals surface area contributed by atoms with E-state index < -0.39 is 0 Å². The number of nitrogens with zero attached hydrogens (tertiary/aromatic N) is 2. The molecule has 0 saturated heterocycles. The van der Waals surface area contributed by atoms with Gasteiger partial charge in [0.05, 0.1) is 33.0 Å². The first-order valence-corrected chi connectivity index (χ1v) is 6.49. The Balaban J connectivity index is 2.21. The lowest BCUT2D eigenvalue weighted by Crippen LogP contribution is -2.17. The first kappa shape index (κ1) is 13.7. The Hall–Kier alpha value is -0.740. The van der Waals surface area contributed by atoms with Crippen LogP contribution in [0.1, 0.15) is 17.3 Å². The molecular formula is C12H12Cl3N3. The molecule has 0 amide bonds. The van der Waals surface area contributed by atoms with Crippen molar-refractivity contribution in [1.82, 2.24) is 9.78 Å². The molecule has 0 fully saturated rings. The normalized spacial score (nSPS) is 12.7. The van der Waals surface area contributed by atoms with E-state index in [1.807, 2.05) is 19.2 Å². The second-order valence-corrected chi connectivity index (χ2v) is 5.28. The van der Waals surface area contributed by atoms with Gasteiger partial charge in [-0.2, -0.15) is 5.10 Å². The van der Waals surface area contributed by atoms with Crippen LogP contribution in [0.5, 0.6) is 0 Å². The molecule has 0 saturated carbocycles. The summed E-state index contributed by atoms with van der Waals surface area (Å²) in [5.74, 6) is 0. The number of aromatic nitrogens is 2. The highest BCUT2D eigenvalue weighted by Gasteiger charge is 2.16. The number of halogens is 3. The molecular weight excluding hydrogens is 293 g/mol. The van der Waals surface area contributed by atoms with Crippen LogP contribution in [0.4, 0.5) is 0 Å². The number of nitrogens with two attached hydrogens (primary N) is 1. The molecule has 0 bridgehead atoms. The summed E-state index contributed by atoms with van der Waals surface area (Å²) in [7, 11) is 1.82. The summed E-state index contributed by atoms with van der Waals surface area (Å²) in [6.07, 6.45) is 2.21. The number of rotatable bonds is 3. The van der Waals surface area contributed by atoms with Gasteiger partial charge in [0.15, 0.2) is 0 Å². The largest absolute Gasteiger partial charge is 0.322 e. The molecule has 0 aliphatic rings. The van der Waals surface area contributed by atoms with Crippen LogP contribution in [0.15, 0.2) is 24.4 Å². The molecule has 1 aromatic heterocycles. The van der Waals surface area contributed by atoms with Crippen LogP contribution in [0.2, 0.25) is 15.1 Å². The SMILES string of the molecule is Cn1ncc(Cl)c1C(N)Cc1ccc(Cl)c(Cl)c1. The average molecular weight is 305 g/mol. The zero-order valence-electron chi connectivity index (χ0n) is 9.70. The quantitative estimate of drug-likeness (QED) is 0.941. The highest BCUT2D eigenvalue weighted by atomic mass is 35.5. The number of hydrogen-bond acceptors (Lipinski definition) is 2. The lowest BCUT2D eigenvalue weighted by Gasteiger charge is -2.13. The standard InChI is InChI=1S/C12H12Cl3N3/c1-18-12(10(15)6-17-18)11(16)5-7-2-3-8(13)9(14)4-7/h2-4,6,11H,5,16H2,1H3. The van der Waals surface area contributed by atoms with Gasteiger partial charge in [0.2, 0.25) is 0 Å². The Bertz CT molecular complexity index is 546. The van der Waals surface area contributed by atoms with Crippen molar-refractivity contribution in [2.45, 2.75) is 12.5 Å². The molecule has 0 spiro atoms. The van der Waals surface area contributed by atoms with E-state index in [2.05, 4.69) is 5.10 Å². The maximum Gasteiger partial charge on any atom is 0.0834 e. The molecule has 1 heterocycles. The minimum Gasteiger partial charge on any atom is -0.322 e. The van der Waals surface area contributed by atoms with Gasteiger partial charge in [-0.1, -0.05) is 40.9 Å². The Morgan fingerprint density at radius 2 is 1.94 bits per heavy atom. The first-order chi connectivity index (χ1) is 8.49. The summed E-state index contributed by atoms with van der Waals surface area (Å²) in [6, 6.07) is 5.24. The summed E-state index contributed by atoms with van der Waals surface area (Å²) >= 11 is 17.9. The van der Waals surface area contributed by atoms with Crippen molar-refractivity contribution in [3.63, 3.8) is 0 Å². The van der Waals surface area contributed by atoms with Crippen LogP contribution in [-0.4, -0.2) is 9.78 Å². The summed E-state index contributed by atoms with van der Waals surface area (Å²) in [4.78, 5) is 0. The van der Waals surface area contributed by atoms with E-state index in [-0.39, 0.29) is 6.04 Å². The van der Waals surface area contributed by atoms with E-state index in [0.29, 0.717) is 21.5 Å². The molecule has 2 aromatic rings. The van der Waals surface area contributed by atoms with Crippen molar-refractivity contribution < 1.29 is 0 Å². The van der Waals surface area contributed by atoms with Crippen LogP contribution in [0, 0.1) is 0 Å². The molecule has 1 atom stereocenters. The van der Waals surface area contributed by atoms with Crippen LogP contribution >= 0.6 is 34.8 Å². The number of aryl methyl sites for hydroxylation is 1. The average Bonchev–Trinajstić information content (AvgIpc) is 2.64. The van der Waals surface area contributed by atoms with E-state index in [1.165, 1.54) is 0 Å². The fourth-order valence-electron chi connectivity index (χ4n) is 1.85. The zero-order valence-corrected chi connectivity index (χ0v) is 12.0. The van der Waals surface area contributed by atoms with E-state index in [9.17, 15) is 0 Å². The monoisotopic (exact) mass is 303 g/mol. The number of hydrogen-bond donors (Lipinski definition) is 1. The van der Waals surface area contributed by atoms with E-state index in [1.54, 1.807) is 16.9 Å². The number of benzene rings is 1. The molecule has 2 N–H and O–H groups in total. The zero-order chi connectivity index (χ0) is 13.3. The fourth-order valence-corrected chi connectivity index (χ4v) is 2.48. The Morgan fingerprint density at radius 3 is 2.50 bits per heavy atom. The molecule has 0 aliphatic heterocycles. The highest BCUT2D eigenvalue weighted by molar-refractivity contribution is 6.42. The molecule has 1 unspecified atom stereocenters. The third-order valence-corrected chi connectivity index (χ3v) is 3.76. The van der Waals surface area contributed by atoms with E-state index >= 15 is 0 Å². The van der Waals surface area contributed by atoms with Gasteiger partial charge in [0.25, 0.3) is 0 Å². The third kappa shape index (κ3) is 2.81. The smallest absolute Gasteiger partial charge is 0.0834 e. The second kappa shape index (κ2) is 5.49. The predicted molar refractivity (Wildman–Crippen MR) is 75.3 cm³/mol. The third-order valence-electron chi connectivity index (χ3n) is 2.73. The minimum atomic E-state index is -0.234. The lowest BCUT2D eigenvalue weighted by molar-refractivity contribution is 0.617. The summed E-state index contributed by atoms with van der Waals surface area (Å²) in [5.41, 5.74) is 7.96. The fraction of sp³-hybridized carbons (Fsp3) is 0.250. The lowest BCUT2D eigenvalue weighted by atomic mass is 10.0. The van der Waals surface area contributed by atoms with Gasteiger partial charge in [0.1, 0.15) is 0 Å². The Labute approximate surface area is 120 Å². The Morgan fingerprint density at radius 1 is 1.22 bits per heavy atom. The maximum atomic E-state index is 6.14. The maximum absolute atomic E-state index is 6.14. The van der Waals surface area contributed by atoms with E-state index in [4.69, 9.17) is 40.5 Å².